The maximum Gasteiger partial charge on any atom is 0.472 e. The Hall–Kier alpha value is -1.94. The van der Waals surface area contributed by atoms with E-state index in [0.29, 0.717) is 31.6 Å². The highest BCUT2D eigenvalue weighted by Crippen LogP contribution is 2.45. The van der Waals surface area contributed by atoms with Gasteiger partial charge in [0.2, 0.25) is 0 Å². The number of unbranched alkanes of at least 4 members (excludes halogenated alkanes) is 46. The van der Waals surface area contributed by atoms with E-state index in [1.54, 1.807) is 0 Å². The van der Waals surface area contributed by atoms with Gasteiger partial charge in [0, 0.05) is 25.7 Å². The molecule has 19 heteroatoms. The summed E-state index contributed by atoms with van der Waals surface area (Å²) in [6.07, 6.45) is 58.4. The molecule has 0 radical (unpaired) electrons. The minimum absolute atomic E-state index is 0.105. The molecule has 0 saturated carbocycles. The second kappa shape index (κ2) is 70.4. The summed E-state index contributed by atoms with van der Waals surface area (Å²) in [5.41, 5.74) is 0. The van der Waals surface area contributed by atoms with Crippen LogP contribution in [0.3, 0.4) is 0 Å². The van der Waals surface area contributed by atoms with Crippen LogP contribution in [0.5, 0.6) is 0 Å². The van der Waals surface area contributed by atoms with Crippen LogP contribution in [0.4, 0.5) is 0 Å². The fourth-order valence-corrected chi connectivity index (χ4v) is 13.9. The van der Waals surface area contributed by atoms with Crippen LogP contribution in [0, 0.1) is 17.8 Å². The first-order chi connectivity index (χ1) is 47.7. The van der Waals surface area contributed by atoms with Crippen molar-refractivity contribution in [2.75, 3.05) is 39.6 Å². The molecule has 0 aromatic rings. The largest absolute Gasteiger partial charge is 0.472 e. The normalized spacial score (nSPS) is 14.0. The number of ether oxygens (including phenoxy) is 4. The first-order valence-electron chi connectivity index (χ1n) is 41.3. The number of aliphatic hydroxyl groups is 1. The topological polar surface area (TPSA) is 237 Å². The van der Waals surface area contributed by atoms with E-state index in [9.17, 15) is 43.2 Å². The molecule has 0 saturated heterocycles. The number of phosphoric ester groups is 2. The van der Waals surface area contributed by atoms with Crippen molar-refractivity contribution in [2.45, 2.75) is 433 Å². The van der Waals surface area contributed by atoms with Gasteiger partial charge in [-0.1, -0.05) is 363 Å². The molecule has 0 amide bonds. The molecule has 0 heterocycles. The fraction of sp³-hybridized carbons (Fsp3) is 0.950. The summed E-state index contributed by atoms with van der Waals surface area (Å²) in [7, 11) is -9.92. The number of carbonyl (C=O) groups is 4. The predicted octanol–water partition coefficient (Wildman–Crippen LogP) is 23.7. The van der Waals surface area contributed by atoms with Crippen molar-refractivity contribution in [3.05, 3.63) is 0 Å². The van der Waals surface area contributed by atoms with Gasteiger partial charge in [-0.2, -0.15) is 0 Å². The standard InChI is InChI=1S/C80H156O17P2/c1-8-9-10-11-12-13-14-15-20-24-27-33-40-47-54-61-77(82)90-67-75(96-79(84)63-56-49-41-34-28-25-22-19-17-16-18-21-23-26-31-37-44-51-58-71(2)3)69-94-98(86,87)92-65-74(81)66-93-99(88,89)95-70-76(68-91-78(83)62-55-48-43-36-39-46-53-60-73(6)7)97-80(85)64-57-50-42-35-30-29-32-38-45-52-59-72(4)5/h71-76,81H,8-70H2,1-7H3,(H,86,87)(H,88,89)/t74-,75-,76-/m1/s1. The van der Waals surface area contributed by atoms with E-state index in [0.717, 1.165) is 108 Å². The minimum atomic E-state index is -4.96. The molecule has 17 nitrogen and oxygen atoms in total. The molecule has 99 heavy (non-hydrogen) atoms. The van der Waals surface area contributed by atoms with Gasteiger partial charge in [0.1, 0.15) is 19.3 Å². The van der Waals surface area contributed by atoms with Crippen LogP contribution in [0.2, 0.25) is 0 Å². The summed E-state index contributed by atoms with van der Waals surface area (Å²) in [6.45, 7) is 11.9. The van der Waals surface area contributed by atoms with Crippen molar-refractivity contribution in [1.29, 1.82) is 0 Å². The lowest BCUT2D eigenvalue weighted by atomic mass is 10.0. The molecule has 588 valence electrons. The van der Waals surface area contributed by atoms with E-state index >= 15 is 0 Å². The second-order valence-electron chi connectivity index (χ2n) is 30.2. The number of aliphatic hydroxyl groups excluding tert-OH is 1. The zero-order valence-electron chi connectivity index (χ0n) is 65.0. The molecule has 0 aromatic carbocycles. The SMILES string of the molecule is CCCCCCCCCCCCCCCCCC(=O)OC[C@H](COP(=O)(O)OC[C@@H](O)COP(=O)(O)OC[C@@H](COC(=O)CCCCCCCCCC(C)C)OC(=O)CCCCCCCCCCCCC(C)C)OC(=O)CCCCCCCCCCCCCCCCCCCCC(C)C. The van der Waals surface area contributed by atoms with Gasteiger partial charge in [0.25, 0.3) is 0 Å². The first-order valence-corrected chi connectivity index (χ1v) is 44.3. The Labute approximate surface area is 607 Å². The summed E-state index contributed by atoms with van der Waals surface area (Å²) >= 11 is 0. The Morgan fingerprint density at radius 1 is 0.273 bits per heavy atom. The number of hydrogen-bond acceptors (Lipinski definition) is 15. The van der Waals surface area contributed by atoms with Crippen LogP contribution in [0.25, 0.3) is 0 Å². The molecule has 0 aliphatic heterocycles. The molecule has 0 aliphatic carbocycles. The molecule has 5 atom stereocenters. The zero-order valence-corrected chi connectivity index (χ0v) is 66.8. The number of hydrogen-bond donors (Lipinski definition) is 3. The third-order valence-electron chi connectivity index (χ3n) is 18.6. The van der Waals surface area contributed by atoms with Gasteiger partial charge in [0.05, 0.1) is 26.4 Å². The lowest BCUT2D eigenvalue weighted by Crippen LogP contribution is -2.30. The highest BCUT2D eigenvalue weighted by Gasteiger charge is 2.30. The number of rotatable bonds is 78. The quantitative estimate of drug-likeness (QED) is 0.0222. The van der Waals surface area contributed by atoms with Gasteiger partial charge >= 0.3 is 39.5 Å². The van der Waals surface area contributed by atoms with Gasteiger partial charge in [0.15, 0.2) is 12.2 Å². The van der Waals surface area contributed by atoms with Crippen molar-refractivity contribution >= 4 is 39.5 Å². The lowest BCUT2D eigenvalue weighted by Gasteiger charge is -2.21. The number of esters is 4. The van der Waals surface area contributed by atoms with E-state index < -0.39 is 97.5 Å². The van der Waals surface area contributed by atoms with Gasteiger partial charge in [-0.3, -0.25) is 37.3 Å². The van der Waals surface area contributed by atoms with Crippen molar-refractivity contribution in [1.82, 2.24) is 0 Å². The summed E-state index contributed by atoms with van der Waals surface area (Å²) in [5, 5.41) is 10.6. The molecule has 3 N–H and O–H groups in total. The fourth-order valence-electron chi connectivity index (χ4n) is 12.3. The van der Waals surface area contributed by atoms with Crippen LogP contribution in [0.1, 0.15) is 414 Å². The molecular formula is C80H156O17P2. The van der Waals surface area contributed by atoms with Crippen molar-refractivity contribution in [3.63, 3.8) is 0 Å². The van der Waals surface area contributed by atoms with Gasteiger partial charge in [-0.15, -0.1) is 0 Å². The molecule has 2 unspecified atom stereocenters. The zero-order chi connectivity index (χ0) is 73.0. The highest BCUT2D eigenvalue weighted by atomic mass is 31.2. The number of carbonyl (C=O) groups excluding carboxylic acids is 4. The summed E-state index contributed by atoms with van der Waals surface area (Å²) in [4.78, 5) is 72.9. The molecule has 0 spiro atoms. The molecular weight excluding hydrogens is 1290 g/mol. The average molecular weight is 1450 g/mol. The Morgan fingerprint density at radius 3 is 0.687 bits per heavy atom. The smallest absolute Gasteiger partial charge is 0.462 e. The summed E-state index contributed by atoms with van der Waals surface area (Å²) in [5.74, 6) is 0.164. The van der Waals surface area contributed by atoms with E-state index in [1.165, 1.54) is 218 Å². The Balaban J connectivity index is 5.22. The van der Waals surface area contributed by atoms with Crippen LogP contribution >= 0.6 is 15.6 Å². The molecule has 0 aliphatic rings. The van der Waals surface area contributed by atoms with Crippen LogP contribution < -0.4 is 0 Å². The Kier molecular flexibility index (Phi) is 69.0. The minimum Gasteiger partial charge on any atom is -0.462 e. The van der Waals surface area contributed by atoms with Crippen molar-refractivity contribution in [2.24, 2.45) is 17.8 Å². The molecule has 0 bridgehead atoms. The maximum absolute atomic E-state index is 13.1. The highest BCUT2D eigenvalue weighted by molar-refractivity contribution is 7.47. The first kappa shape index (κ1) is 97.1. The van der Waals surface area contributed by atoms with Gasteiger partial charge in [-0.05, 0) is 43.4 Å². The van der Waals surface area contributed by atoms with E-state index in [-0.39, 0.29) is 25.7 Å². The Morgan fingerprint density at radius 2 is 0.465 bits per heavy atom. The summed E-state index contributed by atoms with van der Waals surface area (Å²) in [6, 6.07) is 0. The van der Waals surface area contributed by atoms with E-state index in [2.05, 4.69) is 48.5 Å². The molecule has 0 rings (SSSR count). The summed E-state index contributed by atoms with van der Waals surface area (Å²) < 4.78 is 68.6. The van der Waals surface area contributed by atoms with E-state index in [1.807, 2.05) is 0 Å². The van der Waals surface area contributed by atoms with Crippen LogP contribution in [0.15, 0.2) is 0 Å². The Bertz CT molecular complexity index is 1920. The molecule has 0 fully saturated rings. The monoisotopic (exact) mass is 1450 g/mol. The van der Waals surface area contributed by atoms with Crippen molar-refractivity contribution in [3.8, 4) is 0 Å². The maximum atomic E-state index is 13.1. The second-order valence-corrected chi connectivity index (χ2v) is 33.1. The third kappa shape index (κ3) is 74.1. The lowest BCUT2D eigenvalue weighted by molar-refractivity contribution is -0.161. The predicted molar refractivity (Wildman–Crippen MR) is 405 cm³/mol. The third-order valence-corrected chi connectivity index (χ3v) is 20.5. The number of phosphoric acid groups is 2. The van der Waals surface area contributed by atoms with Gasteiger partial charge in [-0.25, -0.2) is 9.13 Å². The molecule has 0 aromatic heterocycles. The average Bonchev–Trinajstić information content (AvgIpc) is 1.03. The van der Waals surface area contributed by atoms with E-state index in [4.69, 9.17) is 37.0 Å². The van der Waals surface area contributed by atoms with Crippen molar-refractivity contribution < 1.29 is 80.2 Å². The van der Waals surface area contributed by atoms with Crippen LogP contribution in [-0.4, -0.2) is 96.7 Å². The van der Waals surface area contributed by atoms with Gasteiger partial charge < -0.3 is 33.8 Å². The van der Waals surface area contributed by atoms with Crippen LogP contribution in [-0.2, 0) is 65.4 Å².